The summed E-state index contributed by atoms with van der Waals surface area (Å²) in [6.45, 7) is 6.31. The molecule has 1 N–H and O–H groups in total. The molecule has 2 heterocycles. The highest BCUT2D eigenvalue weighted by atomic mass is 32.2. The van der Waals surface area contributed by atoms with E-state index in [4.69, 9.17) is 0 Å². The molecule has 1 fully saturated rings. The zero-order valence-electron chi connectivity index (χ0n) is 11.4. The molecule has 0 radical (unpaired) electrons. The molecule has 0 bridgehead atoms. The molecule has 0 saturated carbocycles. The van der Waals surface area contributed by atoms with Gasteiger partial charge in [0.15, 0.2) is 9.84 Å². The van der Waals surface area contributed by atoms with Gasteiger partial charge in [-0.05, 0) is 27.2 Å². The summed E-state index contributed by atoms with van der Waals surface area (Å²) in [5.41, 5.74) is 2.06. The largest absolute Gasteiger partial charge is 0.348 e. The minimum absolute atomic E-state index is 0.0404. The first-order valence-corrected chi connectivity index (χ1v) is 8.21. The predicted molar refractivity (Wildman–Crippen MR) is 71.9 cm³/mol. The van der Waals surface area contributed by atoms with Crippen LogP contribution in [0.2, 0.25) is 0 Å². The topological polar surface area (TPSA) is 81.1 Å². The maximum Gasteiger partial charge on any atom is 0.255 e. The van der Waals surface area contributed by atoms with E-state index < -0.39 is 9.84 Å². The van der Waals surface area contributed by atoms with Gasteiger partial charge < -0.3 is 5.32 Å². The molecule has 1 unspecified atom stereocenters. The van der Waals surface area contributed by atoms with Crippen molar-refractivity contribution in [2.75, 3.05) is 11.5 Å². The smallest absolute Gasteiger partial charge is 0.255 e. The lowest BCUT2D eigenvalue weighted by Crippen LogP contribution is -2.36. The van der Waals surface area contributed by atoms with E-state index in [-0.39, 0.29) is 23.5 Å². The first-order valence-electron chi connectivity index (χ1n) is 6.39. The minimum Gasteiger partial charge on any atom is -0.348 e. The number of carbonyl (C=O) groups excluding carboxylic acids is 1. The van der Waals surface area contributed by atoms with Crippen molar-refractivity contribution in [3.05, 3.63) is 17.0 Å². The number of sulfone groups is 1. The van der Waals surface area contributed by atoms with Gasteiger partial charge in [0.1, 0.15) is 0 Å². The van der Waals surface area contributed by atoms with Crippen molar-refractivity contribution >= 4 is 15.7 Å². The molecule has 0 spiro atoms. The molecular formula is C12H19N3O3S. The van der Waals surface area contributed by atoms with Gasteiger partial charge in [-0.25, -0.2) is 8.42 Å². The SMILES string of the molecule is CCn1nc(C)c(C(=O)NC2CCS(=O)(=O)C2)c1C. The van der Waals surface area contributed by atoms with E-state index in [2.05, 4.69) is 10.4 Å². The molecular weight excluding hydrogens is 266 g/mol. The normalized spacial score (nSPS) is 21.5. The first kappa shape index (κ1) is 14.0. The molecule has 1 saturated heterocycles. The van der Waals surface area contributed by atoms with Crippen LogP contribution in [0.15, 0.2) is 0 Å². The van der Waals surface area contributed by atoms with Gasteiger partial charge in [-0.1, -0.05) is 0 Å². The standard InChI is InChI=1S/C12H19N3O3S/c1-4-15-9(3)11(8(2)14-15)12(16)13-10-5-6-19(17,18)7-10/h10H,4-7H2,1-3H3,(H,13,16). The van der Waals surface area contributed by atoms with Crippen LogP contribution in [0, 0.1) is 13.8 Å². The highest BCUT2D eigenvalue weighted by Gasteiger charge is 2.30. The summed E-state index contributed by atoms with van der Waals surface area (Å²) in [5.74, 6) is -0.0279. The highest BCUT2D eigenvalue weighted by molar-refractivity contribution is 7.91. The zero-order valence-corrected chi connectivity index (χ0v) is 12.2. The van der Waals surface area contributed by atoms with Gasteiger partial charge in [-0.2, -0.15) is 5.10 Å². The second-order valence-electron chi connectivity index (χ2n) is 4.94. The average Bonchev–Trinajstić information content (AvgIpc) is 2.78. The van der Waals surface area contributed by atoms with E-state index in [1.165, 1.54) is 0 Å². The molecule has 1 aromatic heterocycles. The van der Waals surface area contributed by atoms with E-state index in [1.54, 1.807) is 11.6 Å². The van der Waals surface area contributed by atoms with Crippen LogP contribution in [0.25, 0.3) is 0 Å². The van der Waals surface area contributed by atoms with Crippen LogP contribution in [0.3, 0.4) is 0 Å². The van der Waals surface area contributed by atoms with Crippen molar-refractivity contribution in [1.29, 1.82) is 0 Å². The molecule has 1 aromatic rings. The fourth-order valence-corrected chi connectivity index (χ4v) is 4.17. The van der Waals surface area contributed by atoms with Crippen LogP contribution in [0.1, 0.15) is 35.1 Å². The number of hydrogen-bond acceptors (Lipinski definition) is 4. The molecule has 106 valence electrons. The maximum absolute atomic E-state index is 12.2. The lowest BCUT2D eigenvalue weighted by molar-refractivity contribution is 0.0940. The molecule has 2 rings (SSSR count). The summed E-state index contributed by atoms with van der Waals surface area (Å²) in [5, 5.41) is 7.09. The summed E-state index contributed by atoms with van der Waals surface area (Å²) < 4.78 is 24.5. The number of hydrogen-bond donors (Lipinski definition) is 1. The Morgan fingerprint density at radius 3 is 2.63 bits per heavy atom. The van der Waals surface area contributed by atoms with Crippen LogP contribution < -0.4 is 5.32 Å². The number of aromatic nitrogens is 2. The molecule has 19 heavy (non-hydrogen) atoms. The number of nitrogens with one attached hydrogen (secondary N) is 1. The Morgan fingerprint density at radius 1 is 1.47 bits per heavy atom. The summed E-state index contributed by atoms with van der Waals surface area (Å²) >= 11 is 0. The zero-order chi connectivity index (χ0) is 14.2. The van der Waals surface area contributed by atoms with E-state index in [0.717, 1.165) is 5.69 Å². The molecule has 1 aliphatic heterocycles. The third kappa shape index (κ3) is 2.80. The molecule has 7 heteroatoms. The van der Waals surface area contributed by atoms with Crippen molar-refractivity contribution < 1.29 is 13.2 Å². The Balaban J connectivity index is 2.15. The fraction of sp³-hybridized carbons (Fsp3) is 0.667. The van der Waals surface area contributed by atoms with Crippen LogP contribution in [0.4, 0.5) is 0 Å². The number of rotatable bonds is 3. The van der Waals surface area contributed by atoms with Crippen LogP contribution in [-0.2, 0) is 16.4 Å². The van der Waals surface area contributed by atoms with Gasteiger partial charge in [0.2, 0.25) is 0 Å². The van der Waals surface area contributed by atoms with E-state index in [0.29, 0.717) is 24.2 Å². The van der Waals surface area contributed by atoms with Gasteiger partial charge >= 0.3 is 0 Å². The average molecular weight is 285 g/mol. The molecule has 6 nitrogen and oxygen atoms in total. The van der Waals surface area contributed by atoms with Gasteiger partial charge in [0.05, 0.1) is 22.8 Å². The first-order chi connectivity index (χ1) is 8.84. The third-order valence-electron chi connectivity index (χ3n) is 3.48. The highest BCUT2D eigenvalue weighted by Crippen LogP contribution is 2.16. The second kappa shape index (κ2) is 4.96. The maximum atomic E-state index is 12.2. The quantitative estimate of drug-likeness (QED) is 0.873. The van der Waals surface area contributed by atoms with Crippen molar-refractivity contribution in [2.24, 2.45) is 0 Å². The summed E-state index contributed by atoms with van der Waals surface area (Å²) in [6, 6.07) is -0.277. The lowest BCUT2D eigenvalue weighted by Gasteiger charge is -2.11. The monoisotopic (exact) mass is 285 g/mol. The summed E-state index contributed by atoms with van der Waals surface area (Å²) in [7, 11) is -2.98. The van der Waals surface area contributed by atoms with Crippen LogP contribution in [0.5, 0.6) is 0 Å². The van der Waals surface area contributed by atoms with Gasteiger partial charge in [-0.15, -0.1) is 0 Å². The number of amides is 1. The van der Waals surface area contributed by atoms with E-state index in [9.17, 15) is 13.2 Å². The Bertz CT molecular complexity index is 604. The third-order valence-corrected chi connectivity index (χ3v) is 5.24. The van der Waals surface area contributed by atoms with Gasteiger partial charge in [-0.3, -0.25) is 9.48 Å². The van der Waals surface area contributed by atoms with E-state index >= 15 is 0 Å². The van der Waals surface area contributed by atoms with Crippen molar-refractivity contribution in [2.45, 2.75) is 39.8 Å². The molecule has 0 aromatic carbocycles. The fourth-order valence-electron chi connectivity index (χ4n) is 2.50. The number of aryl methyl sites for hydroxylation is 2. The lowest BCUT2D eigenvalue weighted by atomic mass is 10.1. The van der Waals surface area contributed by atoms with Gasteiger partial charge in [0, 0.05) is 18.3 Å². The Morgan fingerprint density at radius 2 is 2.16 bits per heavy atom. The van der Waals surface area contributed by atoms with Crippen molar-refractivity contribution in [3.8, 4) is 0 Å². The minimum atomic E-state index is -2.98. The second-order valence-corrected chi connectivity index (χ2v) is 7.16. The molecule has 1 aliphatic rings. The van der Waals surface area contributed by atoms with E-state index in [1.807, 2.05) is 13.8 Å². The molecule has 0 aliphatic carbocycles. The molecule has 1 amide bonds. The Labute approximate surface area is 113 Å². The van der Waals surface area contributed by atoms with Crippen molar-refractivity contribution in [3.63, 3.8) is 0 Å². The summed E-state index contributed by atoms with van der Waals surface area (Å²) in [6.07, 6.45) is 0.494. The number of carbonyl (C=O) groups is 1. The molecule has 1 atom stereocenters. The van der Waals surface area contributed by atoms with Crippen LogP contribution in [-0.4, -0.2) is 41.7 Å². The summed E-state index contributed by atoms with van der Waals surface area (Å²) in [4.78, 5) is 12.2. The Kier molecular flexibility index (Phi) is 3.66. The van der Waals surface area contributed by atoms with Crippen LogP contribution >= 0.6 is 0 Å². The Hall–Kier alpha value is -1.37. The van der Waals surface area contributed by atoms with Gasteiger partial charge in [0.25, 0.3) is 5.91 Å². The predicted octanol–water partition coefficient (Wildman–Crippen LogP) is 0.437. The number of nitrogens with zero attached hydrogens (tertiary/aromatic N) is 2. The van der Waals surface area contributed by atoms with Crippen molar-refractivity contribution in [1.82, 2.24) is 15.1 Å².